The molecule has 22 heavy (non-hydrogen) atoms. The standard InChI is InChI=1S/C19H15FN2/c20-14-7-8-15-16-10-11-21-19(16)17(22-18(15)12-14)9-6-13-4-2-1-3-5-13/h1-5,7-8,10-12,21H,6,9H2. The number of rotatable bonds is 3. The van der Waals surface area contributed by atoms with Crippen LogP contribution < -0.4 is 0 Å². The number of aryl methyl sites for hydroxylation is 2. The molecule has 0 radical (unpaired) electrons. The minimum atomic E-state index is -0.246. The number of aromatic nitrogens is 2. The number of pyridine rings is 1. The maximum Gasteiger partial charge on any atom is 0.125 e. The molecule has 0 saturated heterocycles. The molecule has 0 unspecified atom stereocenters. The van der Waals surface area contributed by atoms with Crippen molar-refractivity contribution in [1.82, 2.24) is 9.97 Å². The van der Waals surface area contributed by atoms with Gasteiger partial charge in [0.25, 0.3) is 0 Å². The zero-order valence-corrected chi connectivity index (χ0v) is 12.0. The Bertz CT molecular complexity index is 942. The number of hydrogen-bond acceptors (Lipinski definition) is 1. The molecule has 2 heterocycles. The second kappa shape index (κ2) is 5.26. The highest BCUT2D eigenvalue weighted by Crippen LogP contribution is 2.26. The summed E-state index contributed by atoms with van der Waals surface area (Å²) in [7, 11) is 0. The van der Waals surface area contributed by atoms with E-state index in [4.69, 9.17) is 0 Å². The van der Waals surface area contributed by atoms with Crippen LogP contribution in [0, 0.1) is 5.82 Å². The maximum atomic E-state index is 13.5. The van der Waals surface area contributed by atoms with Crippen molar-refractivity contribution in [2.75, 3.05) is 0 Å². The number of hydrogen-bond donors (Lipinski definition) is 1. The van der Waals surface area contributed by atoms with Crippen molar-refractivity contribution in [3.05, 3.63) is 77.9 Å². The predicted molar refractivity (Wildman–Crippen MR) is 87.4 cm³/mol. The molecule has 0 aliphatic rings. The highest BCUT2D eigenvalue weighted by atomic mass is 19.1. The first-order chi connectivity index (χ1) is 10.8. The van der Waals surface area contributed by atoms with Gasteiger partial charge in [-0.1, -0.05) is 30.3 Å². The molecule has 2 aromatic carbocycles. The lowest BCUT2D eigenvalue weighted by atomic mass is 10.0. The quantitative estimate of drug-likeness (QED) is 0.585. The number of H-pyrrole nitrogens is 1. The minimum Gasteiger partial charge on any atom is -0.360 e. The predicted octanol–water partition coefficient (Wildman–Crippen LogP) is 4.64. The third-order valence-electron chi connectivity index (χ3n) is 4.03. The minimum absolute atomic E-state index is 0.246. The highest BCUT2D eigenvalue weighted by Gasteiger charge is 2.10. The number of benzene rings is 2. The second-order valence-corrected chi connectivity index (χ2v) is 5.47. The molecular weight excluding hydrogens is 275 g/mol. The van der Waals surface area contributed by atoms with Gasteiger partial charge in [0.05, 0.1) is 16.7 Å². The van der Waals surface area contributed by atoms with E-state index < -0.39 is 0 Å². The SMILES string of the molecule is Fc1ccc2c(c1)nc(CCc1ccccc1)c1[nH]ccc12. The Hall–Kier alpha value is -2.68. The van der Waals surface area contributed by atoms with E-state index in [0.29, 0.717) is 0 Å². The van der Waals surface area contributed by atoms with E-state index in [2.05, 4.69) is 22.1 Å². The van der Waals surface area contributed by atoms with Crippen LogP contribution in [0.3, 0.4) is 0 Å². The molecule has 0 saturated carbocycles. The molecule has 4 rings (SSSR count). The van der Waals surface area contributed by atoms with E-state index in [1.54, 1.807) is 6.07 Å². The molecule has 2 aromatic heterocycles. The topological polar surface area (TPSA) is 28.7 Å². The van der Waals surface area contributed by atoms with Crippen molar-refractivity contribution in [2.45, 2.75) is 12.8 Å². The summed E-state index contributed by atoms with van der Waals surface area (Å²) >= 11 is 0. The molecule has 1 N–H and O–H groups in total. The molecule has 0 spiro atoms. The fourth-order valence-corrected chi connectivity index (χ4v) is 2.95. The maximum absolute atomic E-state index is 13.5. The van der Waals surface area contributed by atoms with Crippen molar-refractivity contribution in [1.29, 1.82) is 0 Å². The smallest absolute Gasteiger partial charge is 0.125 e. The van der Waals surface area contributed by atoms with Crippen LogP contribution in [0.1, 0.15) is 11.3 Å². The van der Waals surface area contributed by atoms with E-state index >= 15 is 0 Å². The summed E-state index contributed by atoms with van der Waals surface area (Å²) in [5.74, 6) is -0.246. The van der Waals surface area contributed by atoms with E-state index in [1.165, 1.54) is 17.7 Å². The van der Waals surface area contributed by atoms with Gasteiger partial charge < -0.3 is 4.98 Å². The van der Waals surface area contributed by atoms with Crippen molar-refractivity contribution in [3.8, 4) is 0 Å². The van der Waals surface area contributed by atoms with E-state index in [0.717, 1.165) is 40.3 Å². The van der Waals surface area contributed by atoms with Crippen molar-refractivity contribution >= 4 is 21.8 Å². The van der Waals surface area contributed by atoms with Crippen LogP contribution in [0.5, 0.6) is 0 Å². The molecule has 0 atom stereocenters. The first kappa shape index (κ1) is 13.0. The van der Waals surface area contributed by atoms with Gasteiger partial charge in [-0.05, 0) is 36.6 Å². The van der Waals surface area contributed by atoms with Crippen LogP contribution in [0.25, 0.3) is 21.8 Å². The second-order valence-electron chi connectivity index (χ2n) is 5.47. The molecule has 0 fully saturated rings. The van der Waals surface area contributed by atoms with Gasteiger partial charge in [0.15, 0.2) is 0 Å². The number of fused-ring (bicyclic) bond motifs is 3. The van der Waals surface area contributed by atoms with Crippen LogP contribution in [-0.4, -0.2) is 9.97 Å². The molecule has 3 heteroatoms. The molecule has 0 amide bonds. The summed E-state index contributed by atoms with van der Waals surface area (Å²) in [6.45, 7) is 0. The van der Waals surface area contributed by atoms with Crippen LogP contribution >= 0.6 is 0 Å². The zero-order chi connectivity index (χ0) is 14.9. The Balaban J connectivity index is 1.79. The third kappa shape index (κ3) is 2.25. The molecule has 2 nitrogen and oxygen atoms in total. The summed E-state index contributed by atoms with van der Waals surface area (Å²) in [5.41, 5.74) is 4.04. The molecular formula is C19H15FN2. The number of nitrogens with one attached hydrogen (secondary N) is 1. The van der Waals surface area contributed by atoms with Crippen LogP contribution in [0.15, 0.2) is 60.8 Å². The largest absolute Gasteiger partial charge is 0.360 e. The van der Waals surface area contributed by atoms with Gasteiger partial charge in [-0.25, -0.2) is 4.39 Å². The Morgan fingerprint density at radius 2 is 1.77 bits per heavy atom. The Labute approximate surface area is 127 Å². The lowest BCUT2D eigenvalue weighted by Gasteiger charge is -2.07. The van der Waals surface area contributed by atoms with E-state index in [9.17, 15) is 4.39 Å². The lowest BCUT2D eigenvalue weighted by molar-refractivity contribution is 0.629. The monoisotopic (exact) mass is 290 g/mol. The molecule has 108 valence electrons. The van der Waals surface area contributed by atoms with E-state index in [1.807, 2.05) is 30.5 Å². The summed E-state index contributed by atoms with van der Waals surface area (Å²) in [4.78, 5) is 7.96. The third-order valence-corrected chi connectivity index (χ3v) is 4.03. The van der Waals surface area contributed by atoms with Gasteiger partial charge in [0, 0.05) is 23.0 Å². The lowest BCUT2D eigenvalue weighted by Crippen LogP contribution is -1.97. The summed E-state index contributed by atoms with van der Waals surface area (Å²) in [6.07, 6.45) is 3.66. The van der Waals surface area contributed by atoms with Crippen LogP contribution in [-0.2, 0) is 12.8 Å². The summed E-state index contributed by atoms with van der Waals surface area (Å²) in [5, 5.41) is 2.09. The average Bonchev–Trinajstić information content (AvgIpc) is 3.03. The molecule has 4 aromatic rings. The fourth-order valence-electron chi connectivity index (χ4n) is 2.95. The summed E-state index contributed by atoms with van der Waals surface area (Å²) < 4.78 is 13.5. The van der Waals surface area contributed by atoms with Gasteiger partial charge in [-0.2, -0.15) is 0 Å². The number of nitrogens with zero attached hydrogens (tertiary/aromatic N) is 1. The molecule has 0 aliphatic heterocycles. The first-order valence-corrected chi connectivity index (χ1v) is 7.40. The summed E-state index contributed by atoms with van der Waals surface area (Å²) in [6, 6.07) is 17.2. The van der Waals surface area contributed by atoms with Gasteiger partial charge in [0.1, 0.15) is 5.82 Å². The first-order valence-electron chi connectivity index (χ1n) is 7.40. The number of aromatic amines is 1. The van der Waals surface area contributed by atoms with Gasteiger partial charge >= 0.3 is 0 Å². The van der Waals surface area contributed by atoms with Crippen molar-refractivity contribution in [2.24, 2.45) is 0 Å². The van der Waals surface area contributed by atoms with Crippen molar-refractivity contribution in [3.63, 3.8) is 0 Å². The molecule has 0 aliphatic carbocycles. The average molecular weight is 290 g/mol. The van der Waals surface area contributed by atoms with Gasteiger partial charge in [-0.15, -0.1) is 0 Å². The fraction of sp³-hybridized carbons (Fsp3) is 0.105. The Kier molecular flexibility index (Phi) is 3.11. The zero-order valence-electron chi connectivity index (χ0n) is 12.0. The van der Waals surface area contributed by atoms with Gasteiger partial charge in [-0.3, -0.25) is 4.98 Å². The van der Waals surface area contributed by atoms with Crippen molar-refractivity contribution < 1.29 is 4.39 Å². The normalized spacial score (nSPS) is 11.3. The van der Waals surface area contributed by atoms with Crippen LogP contribution in [0.4, 0.5) is 4.39 Å². The van der Waals surface area contributed by atoms with Gasteiger partial charge in [0.2, 0.25) is 0 Å². The number of halogens is 1. The highest BCUT2D eigenvalue weighted by molar-refractivity contribution is 6.05. The Morgan fingerprint density at radius 3 is 2.64 bits per heavy atom. The van der Waals surface area contributed by atoms with Crippen LogP contribution in [0.2, 0.25) is 0 Å². The Morgan fingerprint density at radius 1 is 0.909 bits per heavy atom. The van der Waals surface area contributed by atoms with E-state index in [-0.39, 0.29) is 5.82 Å². The molecule has 0 bridgehead atoms.